The highest BCUT2D eigenvalue weighted by molar-refractivity contribution is 4.71. The van der Waals surface area contributed by atoms with Gasteiger partial charge < -0.3 is 9.84 Å². The van der Waals surface area contributed by atoms with Crippen molar-refractivity contribution < 1.29 is 9.84 Å². The minimum atomic E-state index is 0.0354. The Morgan fingerprint density at radius 2 is 1.75 bits per heavy atom. The highest BCUT2D eigenvalue weighted by Gasteiger charge is 2.21. The lowest BCUT2D eigenvalue weighted by molar-refractivity contribution is -0.00269. The first-order valence-corrected chi connectivity index (χ1v) is 6.75. The van der Waals surface area contributed by atoms with E-state index in [2.05, 4.69) is 34.6 Å². The van der Waals surface area contributed by atoms with Crippen LogP contribution in [0.15, 0.2) is 0 Å². The normalized spacial score (nSPS) is 17.4. The van der Waals surface area contributed by atoms with Gasteiger partial charge in [-0.05, 0) is 31.1 Å². The Kier molecular flexibility index (Phi) is 8.04. The van der Waals surface area contributed by atoms with Crippen LogP contribution in [-0.4, -0.2) is 24.4 Å². The fraction of sp³-hybridized carbons (Fsp3) is 1.00. The molecule has 0 bridgehead atoms. The average molecular weight is 230 g/mol. The molecular formula is C14H30O2. The fourth-order valence-corrected chi connectivity index (χ4v) is 1.95. The molecule has 0 aromatic carbocycles. The number of ether oxygens (including phenoxy) is 1. The van der Waals surface area contributed by atoms with Crippen molar-refractivity contribution in [1.29, 1.82) is 0 Å². The van der Waals surface area contributed by atoms with E-state index in [0.29, 0.717) is 12.0 Å². The van der Waals surface area contributed by atoms with E-state index < -0.39 is 0 Å². The first kappa shape index (κ1) is 15.9. The van der Waals surface area contributed by atoms with Gasteiger partial charge in [-0.2, -0.15) is 0 Å². The van der Waals surface area contributed by atoms with Crippen LogP contribution in [0, 0.1) is 11.3 Å². The summed E-state index contributed by atoms with van der Waals surface area (Å²) in [5, 5.41) is 9.30. The van der Waals surface area contributed by atoms with Crippen LogP contribution in [0.25, 0.3) is 0 Å². The lowest BCUT2D eigenvalue weighted by atomic mass is 9.85. The smallest absolute Gasteiger partial charge is 0.0574 e. The number of rotatable bonds is 9. The molecule has 0 amide bonds. The molecule has 0 radical (unpaired) electrons. The van der Waals surface area contributed by atoms with Gasteiger partial charge in [0.05, 0.1) is 6.10 Å². The third-order valence-corrected chi connectivity index (χ3v) is 4.03. The van der Waals surface area contributed by atoms with Crippen molar-refractivity contribution in [2.45, 2.75) is 66.4 Å². The molecule has 0 saturated carbocycles. The Bertz CT molecular complexity index is 160. The number of hydrogen-bond donors (Lipinski definition) is 1. The van der Waals surface area contributed by atoms with Crippen molar-refractivity contribution >= 4 is 0 Å². The van der Waals surface area contributed by atoms with E-state index in [1.165, 1.54) is 12.8 Å². The quantitative estimate of drug-likeness (QED) is 0.655. The van der Waals surface area contributed by atoms with Crippen LogP contribution < -0.4 is 0 Å². The highest BCUT2D eigenvalue weighted by atomic mass is 16.5. The van der Waals surface area contributed by atoms with Gasteiger partial charge in [-0.1, -0.05) is 40.5 Å². The summed E-state index contributed by atoms with van der Waals surface area (Å²) in [7, 11) is 0. The van der Waals surface area contributed by atoms with Gasteiger partial charge in [0.1, 0.15) is 0 Å². The maximum atomic E-state index is 9.30. The standard InChI is InChI=1S/C14H30O2/c1-6-13(7-2)12(4)16-10-9-14(5,8-3)11-15/h12-13,15H,6-11H2,1-5H3. The van der Waals surface area contributed by atoms with Gasteiger partial charge in [0, 0.05) is 13.2 Å². The predicted octanol–water partition coefficient (Wildman–Crippen LogP) is 3.63. The Hall–Kier alpha value is -0.0800. The topological polar surface area (TPSA) is 29.5 Å². The van der Waals surface area contributed by atoms with E-state index in [1.54, 1.807) is 0 Å². The molecule has 0 spiro atoms. The van der Waals surface area contributed by atoms with E-state index in [0.717, 1.165) is 19.4 Å². The van der Waals surface area contributed by atoms with E-state index in [4.69, 9.17) is 4.74 Å². The molecule has 2 nitrogen and oxygen atoms in total. The van der Waals surface area contributed by atoms with Crippen LogP contribution >= 0.6 is 0 Å². The Labute approximate surface area is 101 Å². The first-order valence-electron chi connectivity index (χ1n) is 6.75. The minimum Gasteiger partial charge on any atom is -0.396 e. The molecule has 2 unspecified atom stereocenters. The zero-order valence-corrected chi connectivity index (χ0v) is 11.8. The Balaban J connectivity index is 3.88. The summed E-state index contributed by atoms with van der Waals surface area (Å²) in [6, 6.07) is 0. The Morgan fingerprint density at radius 1 is 1.19 bits per heavy atom. The minimum absolute atomic E-state index is 0.0354. The molecule has 2 atom stereocenters. The average Bonchev–Trinajstić information content (AvgIpc) is 2.30. The van der Waals surface area contributed by atoms with E-state index in [9.17, 15) is 5.11 Å². The summed E-state index contributed by atoms with van der Waals surface area (Å²) in [5.74, 6) is 0.669. The van der Waals surface area contributed by atoms with Gasteiger partial charge in [0.25, 0.3) is 0 Å². The third kappa shape index (κ3) is 5.31. The van der Waals surface area contributed by atoms with Crippen molar-refractivity contribution in [3.8, 4) is 0 Å². The van der Waals surface area contributed by atoms with Crippen LogP contribution in [0.1, 0.15) is 60.3 Å². The van der Waals surface area contributed by atoms with Gasteiger partial charge in [-0.3, -0.25) is 0 Å². The van der Waals surface area contributed by atoms with Crippen molar-refractivity contribution in [3.05, 3.63) is 0 Å². The van der Waals surface area contributed by atoms with Crippen molar-refractivity contribution in [2.75, 3.05) is 13.2 Å². The summed E-state index contributed by atoms with van der Waals surface area (Å²) in [5.41, 5.74) is 0.0354. The molecule has 0 aromatic rings. The molecule has 0 saturated heterocycles. The third-order valence-electron chi connectivity index (χ3n) is 4.03. The van der Waals surface area contributed by atoms with Crippen molar-refractivity contribution in [1.82, 2.24) is 0 Å². The molecule has 0 rings (SSSR count). The zero-order valence-electron chi connectivity index (χ0n) is 11.8. The highest BCUT2D eigenvalue weighted by Crippen LogP contribution is 2.25. The summed E-state index contributed by atoms with van der Waals surface area (Å²) in [6.07, 6.45) is 4.66. The summed E-state index contributed by atoms with van der Waals surface area (Å²) in [6.45, 7) is 11.9. The lowest BCUT2D eigenvalue weighted by Crippen LogP contribution is -2.26. The zero-order chi connectivity index (χ0) is 12.6. The maximum Gasteiger partial charge on any atom is 0.0574 e. The van der Waals surface area contributed by atoms with E-state index in [1.807, 2.05) is 0 Å². The summed E-state index contributed by atoms with van der Waals surface area (Å²) >= 11 is 0. The summed E-state index contributed by atoms with van der Waals surface area (Å²) in [4.78, 5) is 0. The van der Waals surface area contributed by atoms with Gasteiger partial charge in [0.2, 0.25) is 0 Å². The number of aliphatic hydroxyl groups is 1. The fourth-order valence-electron chi connectivity index (χ4n) is 1.95. The molecule has 0 heterocycles. The van der Waals surface area contributed by atoms with Crippen molar-refractivity contribution in [2.24, 2.45) is 11.3 Å². The van der Waals surface area contributed by atoms with Crippen LogP contribution in [0.3, 0.4) is 0 Å². The lowest BCUT2D eigenvalue weighted by Gasteiger charge is -2.28. The monoisotopic (exact) mass is 230 g/mol. The molecule has 1 N–H and O–H groups in total. The van der Waals surface area contributed by atoms with Crippen LogP contribution in [0.4, 0.5) is 0 Å². The van der Waals surface area contributed by atoms with E-state index in [-0.39, 0.29) is 12.0 Å². The van der Waals surface area contributed by atoms with Crippen LogP contribution in [0.5, 0.6) is 0 Å². The van der Waals surface area contributed by atoms with Gasteiger partial charge in [-0.25, -0.2) is 0 Å². The van der Waals surface area contributed by atoms with Crippen molar-refractivity contribution in [3.63, 3.8) is 0 Å². The van der Waals surface area contributed by atoms with Gasteiger partial charge in [-0.15, -0.1) is 0 Å². The molecule has 0 aromatic heterocycles. The van der Waals surface area contributed by atoms with Crippen LogP contribution in [-0.2, 0) is 4.74 Å². The molecular weight excluding hydrogens is 200 g/mol. The van der Waals surface area contributed by atoms with Crippen LogP contribution in [0.2, 0.25) is 0 Å². The first-order chi connectivity index (χ1) is 7.52. The molecule has 0 aliphatic rings. The molecule has 16 heavy (non-hydrogen) atoms. The number of aliphatic hydroxyl groups excluding tert-OH is 1. The Morgan fingerprint density at radius 3 is 2.12 bits per heavy atom. The van der Waals surface area contributed by atoms with Gasteiger partial charge in [0.15, 0.2) is 0 Å². The van der Waals surface area contributed by atoms with Gasteiger partial charge >= 0.3 is 0 Å². The summed E-state index contributed by atoms with van der Waals surface area (Å²) < 4.78 is 5.87. The molecule has 98 valence electrons. The maximum absolute atomic E-state index is 9.30. The largest absolute Gasteiger partial charge is 0.396 e. The predicted molar refractivity (Wildman–Crippen MR) is 69.6 cm³/mol. The second-order valence-electron chi connectivity index (χ2n) is 5.22. The number of hydrogen-bond acceptors (Lipinski definition) is 2. The molecule has 2 heteroatoms. The SMILES string of the molecule is CCC(CC)C(C)OCCC(C)(CC)CO. The van der Waals surface area contributed by atoms with E-state index >= 15 is 0 Å². The second-order valence-corrected chi connectivity index (χ2v) is 5.22. The molecule has 0 fully saturated rings. The molecule has 0 aliphatic heterocycles. The molecule has 0 aliphatic carbocycles. The second kappa shape index (κ2) is 8.08.